The minimum Gasteiger partial charge on any atom is -0.373 e. The summed E-state index contributed by atoms with van der Waals surface area (Å²) in [6.07, 6.45) is 6.18. The maximum Gasteiger partial charge on any atom is 0.272 e. The summed E-state index contributed by atoms with van der Waals surface area (Å²) in [7, 11) is 1.75. The molecular formula is C22H19F2N5O. The van der Waals surface area contributed by atoms with Crippen molar-refractivity contribution in [2.75, 3.05) is 17.7 Å². The van der Waals surface area contributed by atoms with E-state index in [4.69, 9.17) is 0 Å². The summed E-state index contributed by atoms with van der Waals surface area (Å²) in [5.41, 5.74) is 0.811. The number of carbonyl (C=O) groups excluding carboxylic acids is 1. The van der Waals surface area contributed by atoms with Crippen LogP contribution in [0.4, 0.5) is 20.4 Å². The fourth-order valence-corrected chi connectivity index (χ4v) is 2.93. The summed E-state index contributed by atoms with van der Waals surface area (Å²) in [6.45, 7) is 0.824. The fraction of sp³-hybridized carbons (Fsp3) is 0.273. The minimum absolute atomic E-state index is 0.0330. The van der Waals surface area contributed by atoms with E-state index in [-0.39, 0.29) is 17.4 Å². The van der Waals surface area contributed by atoms with Crippen LogP contribution in [-0.4, -0.2) is 27.9 Å². The van der Waals surface area contributed by atoms with Crippen molar-refractivity contribution in [2.24, 2.45) is 5.92 Å². The first kappa shape index (κ1) is 19.7. The zero-order valence-electron chi connectivity index (χ0n) is 16.5. The lowest BCUT2D eigenvalue weighted by molar-refractivity contribution is -0.117. The summed E-state index contributed by atoms with van der Waals surface area (Å²) >= 11 is 0. The Morgan fingerprint density at radius 2 is 1.90 bits per heavy atom. The predicted molar refractivity (Wildman–Crippen MR) is 110 cm³/mol. The van der Waals surface area contributed by atoms with Crippen LogP contribution in [0.5, 0.6) is 0 Å². The van der Waals surface area contributed by atoms with Gasteiger partial charge >= 0.3 is 0 Å². The Kier molecular flexibility index (Phi) is 5.04. The summed E-state index contributed by atoms with van der Waals surface area (Å²) in [6, 6.07) is 4.53. The second-order valence-corrected chi connectivity index (χ2v) is 7.22. The molecule has 0 aromatic carbocycles. The van der Waals surface area contributed by atoms with Gasteiger partial charge in [0.25, 0.3) is 5.92 Å². The second-order valence-electron chi connectivity index (χ2n) is 7.22. The van der Waals surface area contributed by atoms with Gasteiger partial charge in [-0.15, -0.1) is 0 Å². The van der Waals surface area contributed by atoms with E-state index in [1.165, 1.54) is 12.1 Å². The number of alkyl halides is 2. The van der Waals surface area contributed by atoms with E-state index in [0.717, 1.165) is 36.7 Å². The van der Waals surface area contributed by atoms with Gasteiger partial charge in [-0.1, -0.05) is 5.92 Å². The third kappa shape index (κ3) is 4.20. The number of aromatic nitrogens is 3. The molecule has 1 amide bonds. The number of fused-ring (bicyclic) bond motifs is 1. The Bertz CT molecular complexity index is 1170. The van der Waals surface area contributed by atoms with E-state index in [9.17, 15) is 13.6 Å². The quantitative estimate of drug-likeness (QED) is 0.641. The average molecular weight is 407 g/mol. The standard InChI is InChI=1S/C22H19F2N5O/c1-22(23,24)15-6-8-16(26-11-15)7-5-14-10-28-20(25-2)18-12-27-19(9-17(14)18)29-21(30)13-3-4-13/h6,8-13H,3-4H2,1-2H3,(H,25,28)(H,27,29,30). The number of carbonyl (C=O) groups is 1. The van der Waals surface area contributed by atoms with Crippen LogP contribution in [0.2, 0.25) is 0 Å². The number of hydrogen-bond donors (Lipinski definition) is 2. The van der Waals surface area contributed by atoms with Crippen molar-refractivity contribution < 1.29 is 13.6 Å². The largest absolute Gasteiger partial charge is 0.373 e. The Balaban J connectivity index is 1.69. The van der Waals surface area contributed by atoms with Crippen LogP contribution < -0.4 is 10.6 Å². The summed E-state index contributed by atoms with van der Waals surface area (Å²) in [5.74, 6) is 4.05. The van der Waals surface area contributed by atoms with Crippen LogP contribution in [0, 0.1) is 17.8 Å². The zero-order valence-corrected chi connectivity index (χ0v) is 16.5. The third-order valence-electron chi connectivity index (χ3n) is 4.80. The lowest BCUT2D eigenvalue weighted by Gasteiger charge is -2.09. The van der Waals surface area contributed by atoms with Crippen LogP contribution in [0.3, 0.4) is 0 Å². The molecule has 0 atom stereocenters. The number of nitrogens with zero attached hydrogens (tertiary/aromatic N) is 3. The van der Waals surface area contributed by atoms with E-state index in [2.05, 4.69) is 37.4 Å². The highest BCUT2D eigenvalue weighted by Gasteiger charge is 2.29. The third-order valence-corrected chi connectivity index (χ3v) is 4.80. The smallest absolute Gasteiger partial charge is 0.272 e. The number of halogens is 2. The van der Waals surface area contributed by atoms with Crippen LogP contribution in [-0.2, 0) is 10.7 Å². The van der Waals surface area contributed by atoms with E-state index in [1.54, 1.807) is 25.5 Å². The van der Waals surface area contributed by atoms with Crippen molar-refractivity contribution in [1.82, 2.24) is 15.0 Å². The molecular weight excluding hydrogens is 388 g/mol. The molecule has 1 fully saturated rings. The molecule has 0 saturated heterocycles. The van der Waals surface area contributed by atoms with Gasteiger partial charge in [0, 0.05) is 54.8 Å². The molecule has 1 aliphatic rings. The van der Waals surface area contributed by atoms with E-state index in [1.807, 2.05) is 0 Å². The molecule has 0 radical (unpaired) electrons. The Morgan fingerprint density at radius 3 is 2.53 bits per heavy atom. The molecule has 0 aliphatic heterocycles. The van der Waals surface area contributed by atoms with Crippen molar-refractivity contribution in [1.29, 1.82) is 0 Å². The first-order valence-electron chi connectivity index (χ1n) is 9.49. The van der Waals surface area contributed by atoms with Crippen LogP contribution in [0.15, 0.2) is 36.8 Å². The fourth-order valence-electron chi connectivity index (χ4n) is 2.93. The van der Waals surface area contributed by atoms with Gasteiger partial charge in [0.1, 0.15) is 17.3 Å². The Hall–Kier alpha value is -3.60. The number of nitrogens with one attached hydrogen (secondary N) is 2. The van der Waals surface area contributed by atoms with E-state index < -0.39 is 5.92 Å². The molecule has 0 unspecified atom stereocenters. The molecule has 2 N–H and O–H groups in total. The van der Waals surface area contributed by atoms with Crippen LogP contribution >= 0.6 is 0 Å². The number of anilines is 2. The van der Waals surface area contributed by atoms with E-state index in [0.29, 0.717) is 22.9 Å². The molecule has 6 nitrogen and oxygen atoms in total. The maximum absolute atomic E-state index is 13.3. The normalized spacial score (nSPS) is 13.5. The number of rotatable bonds is 4. The molecule has 0 spiro atoms. The van der Waals surface area contributed by atoms with Crippen LogP contribution in [0.25, 0.3) is 10.8 Å². The monoisotopic (exact) mass is 407 g/mol. The highest BCUT2D eigenvalue weighted by atomic mass is 19.3. The van der Waals surface area contributed by atoms with Crippen LogP contribution in [0.1, 0.15) is 36.6 Å². The minimum atomic E-state index is -2.95. The van der Waals surface area contributed by atoms with Crippen molar-refractivity contribution in [2.45, 2.75) is 25.7 Å². The SMILES string of the molecule is CNc1ncc(C#Cc2ccc(C(C)(F)F)cn2)c2cc(NC(=O)C3CC3)ncc12. The Labute approximate surface area is 172 Å². The van der Waals surface area contributed by atoms with Crippen molar-refractivity contribution >= 4 is 28.3 Å². The maximum atomic E-state index is 13.3. The lowest BCUT2D eigenvalue weighted by Crippen LogP contribution is -2.14. The zero-order chi connectivity index (χ0) is 21.3. The lowest BCUT2D eigenvalue weighted by atomic mass is 10.1. The molecule has 30 heavy (non-hydrogen) atoms. The van der Waals surface area contributed by atoms with Crippen molar-refractivity contribution in [3.63, 3.8) is 0 Å². The van der Waals surface area contributed by atoms with Crippen molar-refractivity contribution in [3.05, 3.63) is 53.6 Å². The molecule has 8 heteroatoms. The molecule has 3 aromatic rings. The molecule has 1 saturated carbocycles. The first-order chi connectivity index (χ1) is 14.3. The van der Waals surface area contributed by atoms with E-state index >= 15 is 0 Å². The highest BCUT2D eigenvalue weighted by Crippen LogP contribution is 2.31. The second kappa shape index (κ2) is 7.67. The highest BCUT2D eigenvalue weighted by molar-refractivity contribution is 5.99. The average Bonchev–Trinajstić information content (AvgIpc) is 3.57. The van der Waals surface area contributed by atoms with Gasteiger partial charge in [-0.3, -0.25) is 4.79 Å². The Morgan fingerprint density at radius 1 is 1.10 bits per heavy atom. The number of pyridine rings is 3. The molecule has 3 heterocycles. The first-order valence-corrected chi connectivity index (χ1v) is 9.49. The van der Waals surface area contributed by atoms with Gasteiger partial charge in [0.2, 0.25) is 5.91 Å². The van der Waals surface area contributed by atoms with Gasteiger partial charge in [-0.25, -0.2) is 23.7 Å². The molecule has 152 valence electrons. The molecule has 1 aliphatic carbocycles. The molecule has 0 bridgehead atoms. The summed E-state index contributed by atoms with van der Waals surface area (Å²) in [4.78, 5) is 24.7. The summed E-state index contributed by atoms with van der Waals surface area (Å²) < 4.78 is 26.7. The van der Waals surface area contributed by atoms with Gasteiger partial charge < -0.3 is 10.6 Å². The molecule has 4 rings (SSSR count). The summed E-state index contributed by atoms with van der Waals surface area (Å²) in [5, 5.41) is 7.36. The number of hydrogen-bond acceptors (Lipinski definition) is 5. The van der Waals surface area contributed by atoms with Gasteiger partial charge in [0.05, 0.1) is 5.56 Å². The van der Waals surface area contributed by atoms with Gasteiger partial charge in [0.15, 0.2) is 0 Å². The predicted octanol–water partition coefficient (Wildman–Crippen LogP) is 3.93. The number of amides is 1. The van der Waals surface area contributed by atoms with Crippen molar-refractivity contribution in [3.8, 4) is 11.8 Å². The topological polar surface area (TPSA) is 79.8 Å². The molecule has 3 aromatic heterocycles. The van der Waals surface area contributed by atoms with Gasteiger partial charge in [-0.05, 0) is 37.0 Å². The van der Waals surface area contributed by atoms with Gasteiger partial charge in [-0.2, -0.15) is 0 Å².